The van der Waals surface area contributed by atoms with Crippen molar-refractivity contribution >= 4 is 28.8 Å². The molecule has 2 atom stereocenters. The lowest BCUT2D eigenvalue weighted by Crippen LogP contribution is -2.43. The van der Waals surface area contributed by atoms with Crippen LogP contribution >= 0.6 is 22.9 Å². The Morgan fingerprint density at radius 3 is 2.72 bits per heavy atom. The van der Waals surface area contributed by atoms with Crippen LogP contribution in [0.1, 0.15) is 60.3 Å². The SMILES string of the molecule is [C-]#[N+]C=C(NCC)C(Cc1ccsc1)C1CCN([C@H](C)CCNC(=O)c2c(C)cc(Cl)nc2C)CC1. The molecule has 1 amide bonds. The molecule has 0 bridgehead atoms. The predicted octanol–water partition coefficient (Wildman–Crippen LogP) is 5.86. The Balaban J connectivity index is 1.53. The molecule has 1 aliphatic rings. The van der Waals surface area contributed by atoms with Crippen molar-refractivity contribution in [2.24, 2.45) is 11.8 Å². The van der Waals surface area contributed by atoms with Gasteiger partial charge in [-0.3, -0.25) is 4.79 Å². The minimum atomic E-state index is -0.0844. The molecule has 1 unspecified atom stereocenters. The van der Waals surface area contributed by atoms with Gasteiger partial charge < -0.3 is 15.5 Å². The maximum atomic E-state index is 12.7. The van der Waals surface area contributed by atoms with Gasteiger partial charge in [-0.05, 0) is 112 Å². The van der Waals surface area contributed by atoms with E-state index in [1.54, 1.807) is 23.6 Å². The number of carbonyl (C=O) groups is 1. The van der Waals surface area contributed by atoms with Crippen molar-refractivity contribution in [2.45, 2.75) is 59.4 Å². The van der Waals surface area contributed by atoms with E-state index >= 15 is 0 Å². The fraction of sp³-hybridized carbons (Fsp3) is 0.536. The first kappa shape index (κ1) is 28.2. The summed E-state index contributed by atoms with van der Waals surface area (Å²) in [5, 5.41) is 11.3. The molecule has 0 aromatic carbocycles. The first-order chi connectivity index (χ1) is 17.3. The second-order valence-electron chi connectivity index (χ2n) is 9.68. The van der Waals surface area contributed by atoms with E-state index in [0.29, 0.717) is 40.8 Å². The largest absolute Gasteiger partial charge is 0.398 e. The molecule has 2 N–H and O–H groups in total. The number of allylic oxidation sites excluding steroid dienone is 1. The number of hydrogen-bond donors (Lipinski definition) is 2. The predicted molar refractivity (Wildman–Crippen MR) is 149 cm³/mol. The molecule has 0 saturated carbocycles. The summed E-state index contributed by atoms with van der Waals surface area (Å²) in [6.45, 7) is 19.0. The third-order valence-corrected chi connectivity index (χ3v) is 8.15. The zero-order chi connectivity index (χ0) is 26.1. The molecule has 2 aromatic heterocycles. The molecule has 1 fully saturated rings. The Morgan fingerprint density at radius 1 is 1.36 bits per heavy atom. The molecule has 0 radical (unpaired) electrons. The number of amides is 1. The highest BCUT2D eigenvalue weighted by atomic mass is 35.5. The average Bonchev–Trinajstić information content (AvgIpc) is 3.35. The van der Waals surface area contributed by atoms with Crippen LogP contribution < -0.4 is 10.6 Å². The van der Waals surface area contributed by atoms with E-state index in [-0.39, 0.29) is 5.91 Å². The number of aromatic nitrogens is 1. The van der Waals surface area contributed by atoms with Crippen molar-refractivity contribution in [3.8, 4) is 0 Å². The Hall–Kier alpha value is -2.40. The van der Waals surface area contributed by atoms with E-state index in [0.717, 1.165) is 56.6 Å². The summed E-state index contributed by atoms with van der Waals surface area (Å²) >= 11 is 7.74. The highest BCUT2D eigenvalue weighted by Crippen LogP contribution is 2.33. The van der Waals surface area contributed by atoms with E-state index < -0.39 is 0 Å². The summed E-state index contributed by atoms with van der Waals surface area (Å²) in [4.78, 5) is 23.1. The maximum absolute atomic E-state index is 12.7. The number of aryl methyl sites for hydroxylation is 2. The van der Waals surface area contributed by atoms with Gasteiger partial charge >= 0.3 is 0 Å². The highest BCUT2D eigenvalue weighted by molar-refractivity contribution is 7.07. The fourth-order valence-corrected chi connectivity index (χ4v) is 6.27. The molecule has 194 valence electrons. The van der Waals surface area contributed by atoms with Crippen LogP contribution in [-0.2, 0) is 6.42 Å². The van der Waals surface area contributed by atoms with Crippen molar-refractivity contribution in [1.82, 2.24) is 20.5 Å². The molecule has 1 saturated heterocycles. The summed E-state index contributed by atoms with van der Waals surface area (Å²) < 4.78 is 0. The first-order valence-corrected chi connectivity index (χ1v) is 14.1. The van der Waals surface area contributed by atoms with Gasteiger partial charge in [0, 0.05) is 24.8 Å². The molecule has 3 heterocycles. The smallest absolute Gasteiger partial charge is 0.253 e. The van der Waals surface area contributed by atoms with Gasteiger partial charge in [-0.2, -0.15) is 11.3 Å². The van der Waals surface area contributed by atoms with Crippen LogP contribution in [0, 0.1) is 32.3 Å². The topological polar surface area (TPSA) is 61.6 Å². The van der Waals surface area contributed by atoms with Crippen LogP contribution in [0.3, 0.4) is 0 Å². The summed E-state index contributed by atoms with van der Waals surface area (Å²) in [6.07, 6.45) is 5.79. The summed E-state index contributed by atoms with van der Waals surface area (Å²) in [5.74, 6) is 0.798. The van der Waals surface area contributed by atoms with Crippen LogP contribution in [-0.4, -0.2) is 48.0 Å². The van der Waals surface area contributed by atoms with Crippen molar-refractivity contribution in [2.75, 3.05) is 26.2 Å². The third kappa shape index (κ3) is 7.55. The number of hydrogen-bond acceptors (Lipinski definition) is 5. The second kappa shape index (κ2) is 13.8. The van der Waals surface area contributed by atoms with E-state index in [2.05, 4.69) is 56.0 Å². The van der Waals surface area contributed by atoms with E-state index in [1.165, 1.54) is 5.56 Å². The molecular weight excluding hydrogens is 490 g/mol. The molecular formula is C28H38ClN5OS. The van der Waals surface area contributed by atoms with Crippen LogP contribution in [0.5, 0.6) is 0 Å². The summed E-state index contributed by atoms with van der Waals surface area (Å²) in [7, 11) is 0. The lowest BCUT2D eigenvalue weighted by atomic mass is 9.79. The van der Waals surface area contributed by atoms with Gasteiger partial charge in [0.05, 0.1) is 17.8 Å². The number of piperidine rings is 1. The quantitative estimate of drug-likeness (QED) is 0.284. The van der Waals surface area contributed by atoms with Crippen molar-refractivity contribution < 1.29 is 4.79 Å². The Morgan fingerprint density at radius 2 is 2.11 bits per heavy atom. The lowest BCUT2D eigenvalue weighted by Gasteiger charge is -2.40. The maximum Gasteiger partial charge on any atom is 0.253 e. The normalized spacial score (nSPS) is 16.8. The minimum absolute atomic E-state index is 0.0844. The number of pyridine rings is 1. The van der Waals surface area contributed by atoms with Gasteiger partial charge in [-0.15, -0.1) is 0 Å². The van der Waals surface area contributed by atoms with Crippen LogP contribution in [0.25, 0.3) is 4.85 Å². The van der Waals surface area contributed by atoms with E-state index in [9.17, 15) is 4.79 Å². The molecule has 0 spiro atoms. The fourth-order valence-electron chi connectivity index (χ4n) is 5.30. The highest BCUT2D eigenvalue weighted by Gasteiger charge is 2.30. The Bertz CT molecular complexity index is 1050. The lowest BCUT2D eigenvalue weighted by molar-refractivity contribution is 0.0934. The number of likely N-dealkylation sites (tertiary alicyclic amines) is 1. The van der Waals surface area contributed by atoms with E-state index in [4.69, 9.17) is 18.2 Å². The second-order valence-corrected chi connectivity index (χ2v) is 10.8. The molecule has 1 aliphatic heterocycles. The Kier molecular flexibility index (Phi) is 10.8. The molecule has 36 heavy (non-hydrogen) atoms. The molecule has 6 nitrogen and oxygen atoms in total. The zero-order valence-electron chi connectivity index (χ0n) is 21.8. The molecule has 3 rings (SSSR count). The molecule has 2 aromatic rings. The van der Waals surface area contributed by atoms with Crippen molar-refractivity contribution in [3.63, 3.8) is 0 Å². The number of halogens is 1. The molecule has 0 aliphatic carbocycles. The molecule has 8 heteroatoms. The summed E-state index contributed by atoms with van der Waals surface area (Å²) in [6, 6.07) is 4.32. The van der Waals surface area contributed by atoms with Crippen molar-refractivity contribution in [3.05, 3.63) is 73.7 Å². The number of rotatable bonds is 11. The number of carbonyl (C=O) groups excluding carboxylic acids is 1. The van der Waals surface area contributed by atoms with Gasteiger partial charge in [-0.25, -0.2) is 9.83 Å². The van der Waals surface area contributed by atoms with Gasteiger partial charge in [-0.1, -0.05) is 11.6 Å². The number of thiophene rings is 1. The van der Waals surface area contributed by atoms with E-state index in [1.807, 2.05) is 13.8 Å². The number of nitrogens with one attached hydrogen (secondary N) is 2. The minimum Gasteiger partial charge on any atom is -0.398 e. The Labute approximate surface area is 225 Å². The van der Waals surface area contributed by atoms with Gasteiger partial charge in [0.15, 0.2) is 6.20 Å². The standard InChI is InChI=1S/C28H38ClN5OS/c1-6-31-25(17-30-5)24(16-22-10-14-36-18-22)23-8-12-34(13-9-23)20(3)7-11-32-28(35)27-19(2)15-26(29)33-21(27)4/h10,14-15,17-18,20,23-24,31H,6-9,11-13,16H2,1-4H3,(H,32,35)/t20-,24?/m1/s1. The van der Waals surface area contributed by atoms with Crippen LogP contribution in [0.15, 0.2) is 34.8 Å². The monoisotopic (exact) mass is 527 g/mol. The van der Waals surface area contributed by atoms with Crippen molar-refractivity contribution in [1.29, 1.82) is 0 Å². The van der Waals surface area contributed by atoms with Gasteiger partial charge in [0.25, 0.3) is 5.91 Å². The van der Waals surface area contributed by atoms with Crippen LogP contribution in [0.2, 0.25) is 5.15 Å². The zero-order valence-corrected chi connectivity index (χ0v) is 23.4. The van der Waals surface area contributed by atoms with Gasteiger partial charge in [0.2, 0.25) is 0 Å². The third-order valence-electron chi connectivity index (χ3n) is 7.23. The average molecular weight is 528 g/mol. The first-order valence-electron chi connectivity index (χ1n) is 12.8. The summed E-state index contributed by atoms with van der Waals surface area (Å²) in [5.41, 5.74) is 4.56. The van der Waals surface area contributed by atoms with Crippen LogP contribution in [0.4, 0.5) is 0 Å². The van der Waals surface area contributed by atoms with Gasteiger partial charge in [0.1, 0.15) is 5.15 Å². The number of nitrogens with zero attached hydrogens (tertiary/aromatic N) is 3.